The average molecular weight is 383 g/mol. The van der Waals surface area contributed by atoms with E-state index < -0.39 is 38.0 Å². The fourth-order valence-electron chi connectivity index (χ4n) is 2.32. The molecule has 0 spiro atoms. The standard InChI is InChI=1S/C12H13BrF2N2O3S/c1-5-2-6(3-5)17-12(18)9-8(14)4-7(13)11(10(9)15)21(16,19)20/h4-6H,2-3H2,1H3,(H,17,18)(H2,16,19,20). The van der Waals surface area contributed by atoms with E-state index in [0.717, 1.165) is 0 Å². The van der Waals surface area contributed by atoms with Crippen LogP contribution < -0.4 is 10.5 Å². The molecular weight excluding hydrogens is 370 g/mol. The molecule has 0 bridgehead atoms. The molecule has 0 heterocycles. The van der Waals surface area contributed by atoms with Crippen LogP contribution in [0, 0.1) is 17.6 Å². The maximum atomic E-state index is 14.2. The van der Waals surface area contributed by atoms with Crippen molar-refractivity contribution in [3.63, 3.8) is 0 Å². The molecule has 2 rings (SSSR count). The third-order valence-electron chi connectivity index (χ3n) is 3.35. The molecule has 3 N–H and O–H groups in total. The molecule has 0 saturated heterocycles. The van der Waals surface area contributed by atoms with Gasteiger partial charge in [-0.3, -0.25) is 4.79 Å². The first kappa shape index (κ1) is 16.3. The molecule has 1 saturated carbocycles. The van der Waals surface area contributed by atoms with Crippen molar-refractivity contribution in [3.8, 4) is 0 Å². The first-order valence-electron chi connectivity index (χ1n) is 6.12. The number of nitrogens with two attached hydrogens (primary N) is 1. The molecule has 0 unspecified atom stereocenters. The van der Waals surface area contributed by atoms with Crippen LogP contribution >= 0.6 is 15.9 Å². The van der Waals surface area contributed by atoms with Gasteiger partial charge in [0, 0.05) is 10.5 Å². The second kappa shape index (κ2) is 5.62. The van der Waals surface area contributed by atoms with Crippen LogP contribution in [-0.2, 0) is 10.0 Å². The Balaban J connectivity index is 2.41. The Morgan fingerprint density at radius 1 is 1.43 bits per heavy atom. The summed E-state index contributed by atoms with van der Waals surface area (Å²) in [5.74, 6) is -3.19. The van der Waals surface area contributed by atoms with Crippen molar-refractivity contribution in [1.29, 1.82) is 0 Å². The molecule has 1 aliphatic carbocycles. The molecule has 1 fully saturated rings. The predicted octanol–water partition coefficient (Wildman–Crippen LogP) is 1.90. The third-order valence-corrected chi connectivity index (χ3v) is 5.20. The lowest BCUT2D eigenvalue weighted by Gasteiger charge is -2.33. The van der Waals surface area contributed by atoms with Gasteiger partial charge in [-0.25, -0.2) is 22.3 Å². The van der Waals surface area contributed by atoms with Crippen LogP contribution in [0.4, 0.5) is 8.78 Å². The molecule has 1 aromatic rings. The molecule has 5 nitrogen and oxygen atoms in total. The second-order valence-electron chi connectivity index (χ2n) is 5.15. The molecule has 0 aliphatic heterocycles. The van der Waals surface area contributed by atoms with Gasteiger partial charge in [0.25, 0.3) is 5.91 Å². The summed E-state index contributed by atoms with van der Waals surface area (Å²) in [6.45, 7) is 1.99. The summed E-state index contributed by atoms with van der Waals surface area (Å²) >= 11 is 2.73. The summed E-state index contributed by atoms with van der Waals surface area (Å²) < 4.78 is 50.3. The van der Waals surface area contributed by atoms with Gasteiger partial charge in [0.15, 0.2) is 5.82 Å². The van der Waals surface area contributed by atoms with Crippen LogP contribution in [0.25, 0.3) is 0 Å². The molecule has 116 valence electrons. The van der Waals surface area contributed by atoms with Gasteiger partial charge in [0.2, 0.25) is 10.0 Å². The topological polar surface area (TPSA) is 89.3 Å². The van der Waals surface area contributed by atoms with Crippen molar-refractivity contribution < 1.29 is 22.0 Å². The minimum atomic E-state index is -4.43. The highest BCUT2D eigenvalue weighted by Crippen LogP contribution is 2.30. The summed E-state index contributed by atoms with van der Waals surface area (Å²) in [5, 5.41) is 7.36. The fourth-order valence-corrected chi connectivity index (χ4v) is 4.05. The lowest BCUT2D eigenvalue weighted by molar-refractivity contribution is 0.0886. The Morgan fingerprint density at radius 2 is 2.00 bits per heavy atom. The molecule has 1 amide bonds. The monoisotopic (exact) mass is 382 g/mol. The fraction of sp³-hybridized carbons (Fsp3) is 0.417. The average Bonchev–Trinajstić information content (AvgIpc) is 2.23. The number of halogens is 3. The highest BCUT2D eigenvalue weighted by Gasteiger charge is 2.32. The van der Waals surface area contributed by atoms with Crippen molar-refractivity contribution in [3.05, 3.63) is 27.7 Å². The number of carbonyl (C=O) groups is 1. The van der Waals surface area contributed by atoms with Gasteiger partial charge in [0.05, 0.1) is 0 Å². The molecule has 0 atom stereocenters. The molecule has 9 heteroatoms. The Morgan fingerprint density at radius 3 is 2.48 bits per heavy atom. The molecule has 1 aliphatic rings. The predicted molar refractivity (Wildman–Crippen MR) is 75.1 cm³/mol. The number of amides is 1. The third kappa shape index (κ3) is 3.24. The van der Waals surface area contributed by atoms with E-state index in [9.17, 15) is 22.0 Å². The van der Waals surface area contributed by atoms with E-state index in [-0.39, 0.29) is 10.5 Å². The Bertz CT molecular complexity index is 703. The van der Waals surface area contributed by atoms with Crippen LogP contribution in [0.5, 0.6) is 0 Å². The van der Waals surface area contributed by atoms with Gasteiger partial charge in [-0.05, 0) is 40.8 Å². The molecule has 0 radical (unpaired) electrons. The Kier molecular flexibility index (Phi) is 4.36. The molecule has 1 aromatic carbocycles. The van der Waals surface area contributed by atoms with Gasteiger partial charge < -0.3 is 5.32 Å². The quantitative estimate of drug-likeness (QED) is 0.836. The van der Waals surface area contributed by atoms with Crippen molar-refractivity contribution in [2.75, 3.05) is 0 Å². The van der Waals surface area contributed by atoms with Crippen LogP contribution in [0.3, 0.4) is 0 Å². The van der Waals surface area contributed by atoms with Crippen LogP contribution in [-0.4, -0.2) is 20.4 Å². The van der Waals surface area contributed by atoms with Gasteiger partial charge in [0.1, 0.15) is 16.3 Å². The highest BCUT2D eigenvalue weighted by molar-refractivity contribution is 9.10. The smallest absolute Gasteiger partial charge is 0.257 e. The van der Waals surface area contributed by atoms with E-state index in [1.807, 2.05) is 6.92 Å². The SMILES string of the molecule is CC1CC(NC(=O)c2c(F)cc(Br)c(S(N)(=O)=O)c2F)C1. The Labute approximate surface area is 129 Å². The number of rotatable bonds is 3. The maximum absolute atomic E-state index is 14.2. The molecule has 21 heavy (non-hydrogen) atoms. The molecular formula is C12H13BrF2N2O3S. The maximum Gasteiger partial charge on any atom is 0.257 e. The summed E-state index contributed by atoms with van der Waals surface area (Å²) in [5.41, 5.74) is -0.943. The number of carbonyl (C=O) groups excluding carboxylic acids is 1. The summed E-state index contributed by atoms with van der Waals surface area (Å²) in [4.78, 5) is 11.0. The van der Waals surface area contributed by atoms with Crippen LogP contribution in [0.2, 0.25) is 0 Å². The number of hydrogen-bond donors (Lipinski definition) is 2. The molecule has 0 aromatic heterocycles. The van der Waals surface area contributed by atoms with E-state index in [1.165, 1.54) is 0 Å². The number of hydrogen-bond acceptors (Lipinski definition) is 3. The van der Waals surface area contributed by atoms with Crippen molar-refractivity contribution in [2.24, 2.45) is 11.1 Å². The zero-order valence-electron chi connectivity index (χ0n) is 11.0. The van der Waals surface area contributed by atoms with Crippen LogP contribution in [0.15, 0.2) is 15.4 Å². The van der Waals surface area contributed by atoms with Crippen LogP contribution in [0.1, 0.15) is 30.1 Å². The van der Waals surface area contributed by atoms with E-state index in [1.54, 1.807) is 0 Å². The number of nitrogens with one attached hydrogen (secondary N) is 1. The first-order chi connectivity index (χ1) is 9.61. The zero-order valence-corrected chi connectivity index (χ0v) is 13.4. The minimum Gasteiger partial charge on any atom is -0.349 e. The van der Waals surface area contributed by atoms with Gasteiger partial charge in [-0.15, -0.1) is 0 Å². The summed E-state index contributed by atoms with van der Waals surface area (Å²) in [6, 6.07) is 0.550. The Hall–Kier alpha value is -1.06. The van der Waals surface area contributed by atoms with Gasteiger partial charge in [-0.2, -0.15) is 0 Å². The van der Waals surface area contributed by atoms with E-state index in [2.05, 4.69) is 21.2 Å². The number of benzene rings is 1. The van der Waals surface area contributed by atoms with E-state index >= 15 is 0 Å². The van der Waals surface area contributed by atoms with Gasteiger partial charge in [-0.1, -0.05) is 6.92 Å². The number of sulfonamides is 1. The highest BCUT2D eigenvalue weighted by atomic mass is 79.9. The van der Waals surface area contributed by atoms with Crippen molar-refractivity contribution in [1.82, 2.24) is 5.32 Å². The second-order valence-corrected chi connectivity index (χ2v) is 7.50. The first-order valence-corrected chi connectivity index (χ1v) is 8.46. The zero-order chi connectivity index (χ0) is 15.9. The number of primary sulfonamides is 1. The van der Waals surface area contributed by atoms with E-state index in [4.69, 9.17) is 5.14 Å². The van der Waals surface area contributed by atoms with Crippen molar-refractivity contribution >= 4 is 31.9 Å². The summed E-state index contributed by atoms with van der Waals surface area (Å²) in [6.07, 6.45) is 1.43. The lowest BCUT2D eigenvalue weighted by atomic mass is 9.82. The summed E-state index contributed by atoms with van der Waals surface area (Å²) in [7, 11) is -4.43. The normalized spacial score (nSPS) is 21.8. The minimum absolute atomic E-state index is 0.159. The van der Waals surface area contributed by atoms with Crippen molar-refractivity contribution in [2.45, 2.75) is 30.7 Å². The largest absolute Gasteiger partial charge is 0.349 e. The lowest BCUT2D eigenvalue weighted by Crippen LogP contribution is -2.44. The van der Waals surface area contributed by atoms with E-state index in [0.29, 0.717) is 24.8 Å². The van der Waals surface area contributed by atoms with Gasteiger partial charge >= 0.3 is 0 Å².